The maximum absolute atomic E-state index is 10.9. The zero-order valence-electron chi connectivity index (χ0n) is 10.1. The first-order chi connectivity index (χ1) is 9.49. The molecule has 0 saturated carbocycles. The highest BCUT2D eigenvalue weighted by Gasteiger charge is 2.14. The molecule has 0 aromatic heterocycles. The Morgan fingerprint density at radius 2 is 1.75 bits per heavy atom. The Hall–Kier alpha value is -1.49. The first-order valence-electron chi connectivity index (χ1n) is 5.59. The standard InChI is InChI=1S/C13H9Cl3N2O2/c14-8-4-5-13(18(19)20)12(6-8)17-7-9-10(15)2-1-3-11(9)16/h1-6,17H,7H2. The van der Waals surface area contributed by atoms with Crippen molar-refractivity contribution in [2.45, 2.75) is 6.54 Å². The highest BCUT2D eigenvalue weighted by atomic mass is 35.5. The molecule has 20 heavy (non-hydrogen) atoms. The van der Waals surface area contributed by atoms with E-state index >= 15 is 0 Å². The Labute approximate surface area is 130 Å². The van der Waals surface area contributed by atoms with Gasteiger partial charge in [0.2, 0.25) is 0 Å². The molecule has 0 fully saturated rings. The van der Waals surface area contributed by atoms with Crippen LogP contribution < -0.4 is 5.32 Å². The van der Waals surface area contributed by atoms with Crippen molar-refractivity contribution in [3.63, 3.8) is 0 Å². The summed E-state index contributed by atoms with van der Waals surface area (Å²) in [5, 5.41) is 15.3. The predicted molar refractivity (Wildman–Crippen MR) is 81.9 cm³/mol. The molecule has 1 N–H and O–H groups in total. The molecule has 0 radical (unpaired) electrons. The van der Waals surface area contributed by atoms with Crippen LogP contribution in [0, 0.1) is 10.1 Å². The third-order valence-electron chi connectivity index (χ3n) is 2.67. The van der Waals surface area contributed by atoms with Gasteiger partial charge in [0, 0.05) is 33.2 Å². The van der Waals surface area contributed by atoms with Crippen molar-refractivity contribution < 1.29 is 4.92 Å². The third-order valence-corrected chi connectivity index (χ3v) is 3.62. The van der Waals surface area contributed by atoms with E-state index in [1.165, 1.54) is 18.2 Å². The number of rotatable bonds is 4. The molecule has 0 unspecified atom stereocenters. The van der Waals surface area contributed by atoms with Crippen LogP contribution in [0.25, 0.3) is 0 Å². The molecule has 0 bridgehead atoms. The lowest BCUT2D eigenvalue weighted by atomic mass is 10.2. The molecule has 0 spiro atoms. The van der Waals surface area contributed by atoms with Gasteiger partial charge in [0.15, 0.2) is 0 Å². The monoisotopic (exact) mass is 330 g/mol. The van der Waals surface area contributed by atoms with Crippen LogP contribution in [0.3, 0.4) is 0 Å². The van der Waals surface area contributed by atoms with Crippen molar-refractivity contribution in [1.82, 2.24) is 0 Å². The van der Waals surface area contributed by atoms with Gasteiger partial charge in [-0.25, -0.2) is 0 Å². The van der Waals surface area contributed by atoms with Gasteiger partial charge >= 0.3 is 0 Å². The molecule has 0 aliphatic carbocycles. The van der Waals surface area contributed by atoms with Crippen LogP contribution in [0.15, 0.2) is 36.4 Å². The first-order valence-corrected chi connectivity index (χ1v) is 6.73. The van der Waals surface area contributed by atoms with Crippen molar-refractivity contribution in [2.24, 2.45) is 0 Å². The fraction of sp³-hybridized carbons (Fsp3) is 0.0769. The SMILES string of the molecule is O=[N+]([O-])c1ccc(Cl)cc1NCc1c(Cl)cccc1Cl. The predicted octanol–water partition coefficient (Wildman–Crippen LogP) is 5.17. The molecule has 7 heteroatoms. The quantitative estimate of drug-likeness (QED) is 0.621. The lowest BCUT2D eigenvalue weighted by Crippen LogP contribution is -2.03. The van der Waals surface area contributed by atoms with Gasteiger partial charge in [0.25, 0.3) is 5.69 Å². The topological polar surface area (TPSA) is 55.2 Å². The van der Waals surface area contributed by atoms with Crippen LogP contribution in [-0.2, 0) is 6.54 Å². The Balaban J connectivity index is 2.27. The van der Waals surface area contributed by atoms with Crippen LogP contribution in [0.4, 0.5) is 11.4 Å². The Morgan fingerprint density at radius 3 is 2.35 bits per heavy atom. The van der Waals surface area contributed by atoms with E-state index in [0.29, 0.717) is 26.3 Å². The van der Waals surface area contributed by atoms with Crippen LogP contribution in [0.2, 0.25) is 15.1 Å². The summed E-state index contributed by atoms with van der Waals surface area (Å²) in [4.78, 5) is 10.5. The number of nitrogens with zero attached hydrogens (tertiary/aromatic N) is 1. The van der Waals surface area contributed by atoms with Gasteiger partial charge in [-0.2, -0.15) is 0 Å². The zero-order chi connectivity index (χ0) is 14.7. The summed E-state index contributed by atoms with van der Waals surface area (Å²) in [7, 11) is 0. The first kappa shape index (κ1) is 14.9. The highest BCUT2D eigenvalue weighted by Crippen LogP contribution is 2.30. The molecule has 2 rings (SSSR count). The highest BCUT2D eigenvalue weighted by molar-refractivity contribution is 6.36. The van der Waals surface area contributed by atoms with E-state index in [0.717, 1.165) is 0 Å². The van der Waals surface area contributed by atoms with Gasteiger partial charge in [0.1, 0.15) is 5.69 Å². The van der Waals surface area contributed by atoms with Crippen molar-refractivity contribution in [3.05, 3.63) is 67.1 Å². The number of nitro groups is 1. The number of nitrogens with one attached hydrogen (secondary N) is 1. The van der Waals surface area contributed by atoms with Gasteiger partial charge in [-0.1, -0.05) is 40.9 Å². The molecule has 104 valence electrons. The fourth-order valence-electron chi connectivity index (χ4n) is 1.69. The molecule has 0 aliphatic heterocycles. The number of nitro benzene ring substituents is 1. The molecule has 2 aromatic carbocycles. The Kier molecular flexibility index (Phi) is 4.70. The molecule has 0 atom stereocenters. The lowest BCUT2D eigenvalue weighted by Gasteiger charge is -2.10. The van der Waals surface area contributed by atoms with Crippen molar-refractivity contribution in [2.75, 3.05) is 5.32 Å². The summed E-state index contributed by atoms with van der Waals surface area (Å²) in [5.41, 5.74) is 0.932. The minimum Gasteiger partial charge on any atom is -0.375 e. The minimum absolute atomic E-state index is 0.0578. The normalized spacial score (nSPS) is 10.3. The molecule has 0 saturated heterocycles. The molecule has 0 amide bonds. The van der Waals surface area contributed by atoms with Crippen LogP contribution >= 0.6 is 34.8 Å². The Bertz CT molecular complexity index is 642. The van der Waals surface area contributed by atoms with E-state index in [9.17, 15) is 10.1 Å². The van der Waals surface area contributed by atoms with Gasteiger partial charge in [-0.15, -0.1) is 0 Å². The fourth-order valence-corrected chi connectivity index (χ4v) is 2.40. The molecular formula is C13H9Cl3N2O2. The molecule has 0 aliphatic rings. The van der Waals surface area contributed by atoms with Gasteiger partial charge in [-0.05, 0) is 24.3 Å². The average Bonchev–Trinajstić information content (AvgIpc) is 2.37. The number of benzene rings is 2. The van der Waals surface area contributed by atoms with Gasteiger partial charge in [0.05, 0.1) is 4.92 Å². The largest absolute Gasteiger partial charge is 0.375 e. The molecule has 2 aromatic rings. The molecular weight excluding hydrogens is 323 g/mol. The van der Waals surface area contributed by atoms with Crippen LogP contribution in [0.5, 0.6) is 0 Å². The zero-order valence-corrected chi connectivity index (χ0v) is 12.3. The second-order valence-electron chi connectivity index (χ2n) is 3.97. The van der Waals surface area contributed by atoms with E-state index < -0.39 is 4.92 Å². The minimum atomic E-state index is -0.479. The smallest absolute Gasteiger partial charge is 0.292 e. The summed E-state index contributed by atoms with van der Waals surface area (Å²) in [6.45, 7) is 0.264. The maximum Gasteiger partial charge on any atom is 0.292 e. The molecule has 4 nitrogen and oxygen atoms in total. The summed E-state index contributed by atoms with van der Waals surface area (Å²) in [6.07, 6.45) is 0. The summed E-state index contributed by atoms with van der Waals surface area (Å²) in [6, 6.07) is 9.44. The second kappa shape index (κ2) is 6.31. The van der Waals surface area contributed by atoms with E-state index in [2.05, 4.69) is 5.32 Å². The Morgan fingerprint density at radius 1 is 1.10 bits per heavy atom. The van der Waals surface area contributed by atoms with Crippen molar-refractivity contribution in [1.29, 1.82) is 0 Å². The lowest BCUT2D eigenvalue weighted by molar-refractivity contribution is -0.384. The van der Waals surface area contributed by atoms with E-state index in [1.807, 2.05) is 0 Å². The van der Waals surface area contributed by atoms with E-state index in [1.54, 1.807) is 18.2 Å². The van der Waals surface area contributed by atoms with Crippen LogP contribution in [0.1, 0.15) is 5.56 Å². The summed E-state index contributed by atoms with van der Waals surface area (Å²) < 4.78 is 0. The van der Waals surface area contributed by atoms with Crippen molar-refractivity contribution >= 4 is 46.2 Å². The van der Waals surface area contributed by atoms with Gasteiger partial charge in [-0.3, -0.25) is 10.1 Å². The van der Waals surface area contributed by atoms with E-state index in [4.69, 9.17) is 34.8 Å². The van der Waals surface area contributed by atoms with E-state index in [-0.39, 0.29) is 12.2 Å². The number of hydrogen-bond donors (Lipinski definition) is 1. The second-order valence-corrected chi connectivity index (χ2v) is 5.22. The number of halogens is 3. The number of anilines is 1. The van der Waals surface area contributed by atoms with Crippen molar-refractivity contribution in [3.8, 4) is 0 Å². The van der Waals surface area contributed by atoms with Gasteiger partial charge < -0.3 is 5.32 Å². The summed E-state index contributed by atoms with van der Waals surface area (Å²) >= 11 is 17.9. The third kappa shape index (κ3) is 3.33. The summed E-state index contributed by atoms with van der Waals surface area (Å²) in [5.74, 6) is 0. The molecule has 0 heterocycles. The number of hydrogen-bond acceptors (Lipinski definition) is 3. The maximum atomic E-state index is 10.9. The van der Waals surface area contributed by atoms with Crippen LogP contribution in [-0.4, -0.2) is 4.92 Å². The average molecular weight is 332 g/mol.